The van der Waals surface area contributed by atoms with Crippen LogP contribution in [-0.2, 0) is 0 Å². The van der Waals surface area contributed by atoms with Crippen LogP contribution in [0.15, 0.2) is 42.5 Å². The number of hydrogen-bond acceptors (Lipinski definition) is 4. The van der Waals surface area contributed by atoms with Crippen molar-refractivity contribution in [2.24, 2.45) is 0 Å². The highest BCUT2D eigenvalue weighted by atomic mass is 35.5. The van der Waals surface area contributed by atoms with Crippen LogP contribution >= 0.6 is 24.8 Å². The molecule has 1 heterocycles. The summed E-state index contributed by atoms with van der Waals surface area (Å²) in [5.74, 6) is 0.664. The van der Waals surface area contributed by atoms with Gasteiger partial charge in [-0.3, -0.25) is 4.79 Å². The van der Waals surface area contributed by atoms with Crippen molar-refractivity contribution in [1.29, 1.82) is 0 Å². The van der Waals surface area contributed by atoms with Gasteiger partial charge in [0.1, 0.15) is 11.3 Å². The number of imidazole rings is 1. The number of fused-ring (bicyclic) bond motifs is 1. The van der Waals surface area contributed by atoms with Crippen LogP contribution in [0.25, 0.3) is 22.4 Å². The fourth-order valence-electron chi connectivity index (χ4n) is 2.76. The molecule has 0 aliphatic rings. The van der Waals surface area contributed by atoms with Gasteiger partial charge in [0.25, 0.3) is 5.91 Å². The van der Waals surface area contributed by atoms with Gasteiger partial charge in [-0.15, -0.1) is 24.8 Å². The van der Waals surface area contributed by atoms with Gasteiger partial charge >= 0.3 is 0 Å². The second-order valence-electron chi connectivity index (χ2n) is 6.79. The van der Waals surface area contributed by atoms with E-state index in [1.54, 1.807) is 0 Å². The number of anilines is 1. The molecule has 0 atom stereocenters. The quantitative estimate of drug-likeness (QED) is 0.637. The van der Waals surface area contributed by atoms with Crippen molar-refractivity contribution in [2.75, 3.05) is 46.2 Å². The minimum atomic E-state index is -0.0987. The van der Waals surface area contributed by atoms with Gasteiger partial charge in [-0.25, -0.2) is 4.98 Å². The molecule has 0 fully saturated rings. The Balaban J connectivity index is 0.00000196. The van der Waals surface area contributed by atoms with Crippen molar-refractivity contribution in [3.8, 4) is 11.4 Å². The molecule has 28 heavy (non-hydrogen) atoms. The summed E-state index contributed by atoms with van der Waals surface area (Å²) >= 11 is 0. The number of hydrogen-bond donors (Lipinski definition) is 2. The Hall–Kier alpha value is -2.28. The topological polar surface area (TPSA) is 64.3 Å². The zero-order chi connectivity index (χ0) is 18.7. The predicted octanol–water partition coefficient (Wildman–Crippen LogP) is 3.43. The number of para-hydroxylation sites is 1. The van der Waals surface area contributed by atoms with Gasteiger partial charge in [0.15, 0.2) is 0 Å². The molecule has 0 saturated heterocycles. The van der Waals surface area contributed by atoms with E-state index in [1.165, 1.54) is 0 Å². The van der Waals surface area contributed by atoms with Gasteiger partial charge in [-0.05, 0) is 50.5 Å². The van der Waals surface area contributed by atoms with E-state index in [0.717, 1.165) is 29.1 Å². The fraction of sp³-hybridized carbons (Fsp3) is 0.300. The van der Waals surface area contributed by atoms with Crippen LogP contribution in [0.1, 0.15) is 10.4 Å². The molecule has 1 aromatic heterocycles. The van der Waals surface area contributed by atoms with E-state index in [2.05, 4.69) is 32.3 Å². The molecule has 6 nitrogen and oxygen atoms in total. The van der Waals surface area contributed by atoms with E-state index in [0.29, 0.717) is 17.6 Å². The van der Waals surface area contributed by atoms with E-state index >= 15 is 0 Å². The molecule has 3 rings (SSSR count). The number of halogens is 2. The summed E-state index contributed by atoms with van der Waals surface area (Å²) in [6.45, 7) is 1.40. The highest BCUT2D eigenvalue weighted by Crippen LogP contribution is 2.24. The number of benzene rings is 2. The third-order valence-corrected chi connectivity index (χ3v) is 4.26. The summed E-state index contributed by atoms with van der Waals surface area (Å²) in [5.41, 5.74) is 4.27. The normalized spacial score (nSPS) is 10.3. The maximum Gasteiger partial charge on any atom is 0.253 e. The Labute approximate surface area is 178 Å². The van der Waals surface area contributed by atoms with E-state index < -0.39 is 0 Å². The Morgan fingerprint density at radius 2 is 1.71 bits per heavy atom. The van der Waals surface area contributed by atoms with E-state index in [9.17, 15) is 4.79 Å². The largest absolute Gasteiger partial charge is 0.378 e. The molecular formula is C20H27Cl2N5O. The van der Waals surface area contributed by atoms with Gasteiger partial charge in [0, 0.05) is 38.4 Å². The zero-order valence-corrected chi connectivity index (χ0v) is 18.2. The average Bonchev–Trinajstić information content (AvgIpc) is 3.05. The first-order valence-electron chi connectivity index (χ1n) is 8.65. The summed E-state index contributed by atoms with van der Waals surface area (Å²) in [6, 6.07) is 13.8. The third kappa shape index (κ3) is 5.38. The lowest BCUT2D eigenvalue weighted by Gasteiger charge is -2.12. The van der Waals surface area contributed by atoms with Crippen molar-refractivity contribution < 1.29 is 4.79 Å². The van der Waals surface area contributed by atoms with Gasteiger partial charge in [0.05, 0.1) is 11.1 Å². The predicted molar refractivity (Wildman–Crippen MR) is 121 cm³/mol. The Morgan fingerprint density at radius 1 is 1.04 bits per heavy atom. The number of amides is 1. The lowest BCUT2D eigenvalue weighted by Crippen LogP contribution is -2.31. The van der Waals surface area contributed by atoms with Crippen molar-refractivity contribution in [1.82, 2.24) is 20.2 Å². The molecule has 152 valence electrons. The second-order valence-corrected chi connectivity index (χ2v) is 6.79. The monoisotopic (exact) mass is 423 g/mol. The van der Waals surface area contributed by atoms with Gasteiger partial charge in [-0.2, -0.15) is 0 Å². The molecule has 2 aromatic carbocycles. The Kier molecular flexibility index (Phi) is 8.75. The lowest BCUT2D eigenvalue weighted by molar-refractivity contribution is 0.0952. The molecule has 0 aliphatic carbocycles. The number of carbonyl (C=O) groups excluding carboxylic acids is 1. The molecule has 0 unspecified atom stereocenters. The number of nitrogens with one attached hydrogen (secondary N) is 2. The van der Waals surface area contributed by atoms with Crippen molar-refractivity contribution in [3.63, 3.8) is 0 Å². The van der Waals surface area contributed by atoms with Crippen LogP contribution in [-0.4, -0.2) is 62.1 Å². The molecule has 8 heteroatoms. The molecule has 1 amide bonds. The summed E-state index contributed by atoms with van der Waals surface area (Å²) < 4.78 is 0. The first-order chi connectivity index (χ1) is 12.5. The van der Waals surface area contributed by atoms with Crippen LogP contribution in [0.5, 0.6) is 0 Å². The Bertz CT molecular complexity index is 907. The minimum Gasteiger partial charge on any atom is -0.378 e. The number of aromatic nitrogens is 2. The molecule has 0 bridgehead atoms. The van der Waals surface area contributed by atoms with Gasteiger partial charge in [0.2, 0.25) is 0 Å². The van der Waals surface area contributed by atoms with E-state index in [1.807, 2.05) is 63.4 Å². The van der Waals surface area contributed by atoms with Crippen LogP contribution in [0, 0.1) is 0 Å². The van der Waals surface area contributed by atoms with Crippen molar-refractivity contribution in [2.45, 2.75) is 0 Å². The molecule has 0 radical (unpaired) electrons. The summed E-state index contributed by atoms with van der Waals surface area (Å²) in [7, 11) is 7.98. The number of likely N-dealkylation sites (N-methyl/N-ethyl adjacent to an activating group) is 1. The highest BCUT2D eigenvalue weighted by molar-refractivity contribution is 6.05. The maximum atomic E-state index is 12.5. The molecule has 2 N–H and O–H groups in total. The van der Waals surface area contributed by atoms with Gasteiger partial charge < -0.3 is 20.1 Å². The second kappa shape index (κ2) is 10.3. The number of H-pyrrole nitrogens is 1. The van der Waals surface area contributed by atoms with Crippen LogP contribution in [0.4, 0.5) is 5.69 Å². The molecule has 0 spiro atoms. The smallest absolute Gasteiger partial charge is 0.253 e. The zero-order valence-electron chi connectivity index (χ0n) is 16.5. The van der Waals surface area contributed by atoms with Gasteiger partial charge in [-0.1, -0.05) is 6.07 Å². The summed E-state index contributed by atoms with van der Waals surface area (Å²) in [5, 5.41) is 2.95. The maximum absolute atomic E-state index is 12.5. The molecule has 3 aromatic rings. The van der Waals surface area contributed by atoms with Crippen LogP contribution in [0.3, 0.4) is 0 Å². The number of rotatable bonds is 6. The first kappa shape index (κ1) is 23.8. The molecule has 0 aliphatic heterocycles. The Morgan fingerprint density at radius 3 is 2.32 bits per heavy atom. The van der Waals surface area contributed by atoms with E-state index in [4.69, 9.17) is 0 Å². The lowest BCUT2D eigenvalue weighted by atomic mass is 10.1. The van der Waals surface area contributed by atoms with E-state index in [-0.39, 0.29) is 30.7 Å². The minimum absolute atomic E-state index is 0. The van der Waals surface area contributed by atoms with Crippen molar-refractivity contribution >= 4 is 47.4 Å². The van der Waals surface area contributed by atoms with Crippen LogP contribution < -0.4 is 10.2 Å². The third-order valence-electron chi connectivity index (χ3n) is 4.26. The highest BCUT2D eigenvalue weighted by Gasteiger charge is 2.14. The number of nitrogens with zero attached hydrogens (tertiary/aromatic N) is 3. The SMILES string of the molecule is CN(C)CCNC(=O)c1cccc2[nH]c(-c3ccc(N(C)C)cc3)nc12.Cl.Cl. The number of aromatic amines is 1. The number of carbonyl (C=O) groups is 1. The summed E-state index contributed by atoms with van der Waals surface area (Å²) in [6.07, 6.45) is 0. The average molecular weight is 424 g/mol. The molecular weight excluding hydrogens is 397 g/mol. The van der Waals surface area contributed by atoms with Crippen molar-refractivity contribution in [3.05, 3.63) is 48.0 Å². The molecule has 0 saturated carbocycles. The fourth-order valence-corrected chi connectivity index (χ4v) is 2.76. The van der Waals surface area contributed by atoms with Crippen LogP contribution in [0.2, 0.25) is 0 Å². The summed E-state index contributed by atoms with van der Waals surface area (Å²) in [4.78, 5) is 24.6. The first-order valence-corrected chi connectivity index (χ1v) is 8.65. The standard InChI is InChI=1S/C20H25N5O.2ClH/c1-24(2)13-12-21-20(26)16-6-5-7-17-18(16)23-19(22-17)14-8-10-15(11-9-14)25(3)4;;/h5-11H,12-13H2,1-4H3,(H,21,26)(H,22,23);2*1H.